The molecule has 0 bridgehead atoms. The first kappa shape index (κ1) is 14.4. The maximum Gasteiger partial charge on any atom is 0.231 e. The molecule has 1 heterocycles. The van der Waals surface area contributed by atoms with Gasteiger partial charge in [0.2, 0.25) is 5.91 Å². The van der Waals surface area contributed by atoms with Crippen molar-refractivity contribution in [1.82, 2.24) is 9.80 Å². The van der Waals surface area contributed by atoms with Crippen LogP contribution in [0.15, 0.2) is 0 Å². The fourth-order valence-electron chi connectivity index (χ4n) is 2.19. The lowest BCUT2D eigenvalue weighted by Crippen LogP contribution is -2.50. The Morgan fingerprint density at radius 3 is 2.94 bits per heavy atom. The highest BCUT2D eigenvalue weighted by Gasteiger charge is 2.24. The first-order valence-electron chi connectivity index (χ1n) is 6.35. The predicted octanol–water partition coefficient (Wildman–Crippen LogP) is -0.0972. The Morgan fingerprint density at radius 2 is 2.35 bits per heavy atom. The lowest BCUT2D eigenvalue weighted by atomic mass is 10.1. The number of morpholine rings is 1. The van der Waals surface area contributed by atoms with Crippen molar-refractivity contribution < 1.29 is 9.53 Å². The third-order valence-corrected chi connectivity index (χ3v) is 3.33. The van der Waals surface area contributed by atoms with Gasteiger partial charge in [-0.2, -0.15) is 0 Å². The van der Waals surface area contributed by atoms with Gasteiger partial charge >= 0.3 is 0 Å². The number of carbonyl (C=O) groups excluding carboxylic acids is 1. The quantitative estimate of drug-likeness (QED) is 0.708. The lowest BCUT2D eigenvalue weighted by Gasteiger charge is -2.37. The van der Waals surface area contributed by atoms with Crippen molar-refractivity contribution in [2.24, 2.45) is 5.73 Å². The molecule has 0 radical (unpaired) electrons. The molecule has 0 spiro atoms. The van der Waals surface area contributed by atoms with E-state index in [4.69, 9.17) is 10.5 Å². The van der Waals surface area contributed by atoms with Crippen LogP contribution >= 0.6 is 0 Å². The van der Waals surface area contributed by atoms with Gasteiger partial charge in [-0.15, -0.1) is 0 Å². The molecule has 5 nitrogen and oxygen atoms in total. The van der Waals surface area contributed by atoms with E-state index >= 15 is 0 Å². The van der Waals surface area contributed by atoms with Crippen LogP contribution < -0.4 is 5.73 Å². The Labute approximate surface area is 104 Å². The topological polar surface area (TPSA) is 58.8 Å². The number of nitrogens with zero attached hydrogens (tertiary/aromatic N) is 2. The third-order valence-electron chi connectivity index (χ3n) is 3.33. The molecule has 1 amide bonds. The maximum atomic E-state index is 10.8. The summed E-state index contributed by atoms with van der Waals surface area (Å²) in [5.74, 6) is -0.290. The highest BCUT2D eigenvalue weighted by atomic mass is 16.5. The molecule has 2 atom stereocenters. The van der Waals surface area contributed by atoms with E-state index in [1.54, 1.807) is 0 Å². The van der Waals surface area contributed by atoms with Crippen LogP contribution in [-0.2, 0) is 9.53 Å². The zero-order valence-electron chi connectivity index (χ0n) is 11.2. The van der Waals surface area contributed by atoms with Gasteiger partial charge in [0.15, 0.2) is 0 Å². The van der Waals surface area contributed by atoms with Gasteiger partial charge in [-0.25, -0.2) is 0 Å². The number of rotatable bonds is 6. The Kier molecular flexibility index (Phi) is 5.88. The molecule has 0 aromatic heterocycles. The van der Waals surface area contributed by atoms with Crippen LogP contribution in [0.5, 0.6) is 0 Å². The van der Waals surface area contributed by atoms with Crippen LogP contribution in [0.25, 0.3) is 0 Å². The molecule has 0 aliphatic carbocycles. The van der Waals surface area contributed by atoms with Crippen molar-refractivity contribution in [3.8, 4) is 0 Å². The van der Waals surface area contributed by atoms with E-state index in [-0.39, 0.29) is 12.0 Å². The molecule has 1 saturated heterocycles. The van der Waals surface area contributed by atoms with Gasteiger partial charge in [-0.05, 0) is 20.4 Å². The van der Waals surface area contributed by atoms with Crippen molar-refractivity contribution in [3.05, 3.63) is 0 Å². The molecule has 5 heteroatoms. The van der Waals surface area contributed by atoms with E-state index in [1.165, 1.54) is 0 Å². The summed E-state index contributed by atoms with van der Waals surface area (Å²) < 4.78 is 5.72. The van der Waals surface area contributed by atoms with E-state index in [1.807, 2.05) is 11.9 Å². The van der Waals surface area contributed by atoms with Crippen molar-refractivity contribution in [1.29, 1.82) is 0 Å². The van der Waals surface area contributed by atoms with Gasteiger partial charge in [0, 0.05) is 25.7 Å². The van der Waals surface area contributed by atoms with Crippen LogP contribution in [0, 0.1) is 0 Å². The Balaban J connectivity index is 2.36. The van der Waals surface area contributed by atoms with E-state index in [9.17, 15) is 4.79 Å². The van der Waals surface area contributed by atoms with E-state index in [0.717, 1.165) is 32.7 Å². The van der Waals surface area contributed by atoms with Crippen LogP contribution in [0.4, 0.5) is 0 Å². The summed E-state index contributed by atoms with van der Waals surface area (Å²) in [4.78, 5) is 15.2. The van der Waals surface area contributed by atoms with Gasteiger partial charge in [0.1, 0.15) is 0 Å². The number of hydrogen-bond acceptors (Lipinski definition) is 4. The number of ether oxygens (including phenoxy) is 1. The number of primary amides is 1. The zero-order chi connectivity index (χ0) is 12.8. The number of amides is 1. The average Bonchev–Trinajstić information content (AvgIpc) is 2.27. The smallest absolute Gasteiger partial charge is 0.231 e. The Morgan fingerprint density at radius 1 is 1.65 bits per heavy atom. The normalized spacial score (nSPS) is 23.9. The van der Waals surface area contributed by atoms with Gasteiger partial charge < -0.3 is 10.5 Å². The number of carbonyl (C=O) groups is 1. The lowest BCUT2D eigenvalue weighted by molar-refractivity contribution is -0.119. The minimum Gasteiger partial charge on any atom is -0.374 e. The van der Waals surface area contributed by atoms with E-state index < -0.39 is 0 Å². The third kappa shape index (κ3) is 5.02. The van der Waals surface area contributed by atoms with Crippen LogP contribution in [-0.4, -0.2) is 67.7 Å². The van der Waals surface area contributed by atoms with Gasteiger partial charge in [-0.1, -0.05) is 6.92 Å². The first-order valence-corrected chi connectivity index (χ1v) is 6.35. The minimum absolute atomic E-state index is 0.182. The molecule has 1 fully saturated rings. The summed E-state index contributed by atoms with van der Waals surface area (Å²) in [6.45, 7) is 8.23. The number of likely N-dealkylation sites (N-methyl/N-ethyl adjacent to an activating group) is 1. The van der Waals surface area contributed by atoms with Crippen LogP contribution in [0.2, 0.25) is 0 Å². The van der Waals surface area contributed by atoms with Crippen LogP contribution in [0.3, 0.4) is 0 Å². The molecule has 1 rings (SSSR count). The second-order valence-electron chi connectivity index (χ2n) is 4.91. The molecule has 0 aromatic rings. The molecule has 1 aliphatic rings. The first-order chi connectivity index (χ1) is 8.02. The summed E-state index contributed by atoms with van der Waals surface area (Å²) >= 11 is 0. The van der Waals surface area contributed by atoms with Gasteiger partial charge in [0.25, 0.3) is 0 Å². The van der Waals surface area contributed by atoms with Crippen molar-refractivity contribution in [2.75, 3.05) is 39.8 Å². The summed E-state index contributed by atoms with van der Waals surface area (Å²) in [6, 6.07) is 0.600. The highest BCUT2D eigenvalue weighted by Crippen LogP contribution is 2.11. The maximum absolute atomic E-state index is 10.8. The summed E-state index contributed by atoms with van der Waals surface area (Å²) in [5.41, 5.74) is 5.16. The predicted molar refractivity (Wildman–Crippen MR) is 67.8 cm³/mol. The Bertz CT molecular complexity index is 248. The molecule has 0 unspecified atom stereocenters. The summed E-state index contributed by atoms with van der Waals surface area (Å²) in [6.07, 6.45) is 1.34. The molecule has 100 valence electrons. The monoisotopic (exact) mass is 243 g/mol. The fourth-order valence-corrected chi connectivity index (χ4v) is 2.19. The van der Waals surface area contributed by atoms with Gasteiger partial charge in [-0.3, -0.25) is 14.6 Å². The molecule has 2 N–H and O–H groups in total. The molecular weight excluding hydrogens is 218 g/mol. The standard InChI is InChI=1S/C12H25N3O2/c1-4-10(2)15-5-6-17-11(8-15)7-14(3)9-12(13)16/h10-11H,4-9H2,1-3H3,(H2,13,16)/t10-,11-/m1/s1. The number of hydrogen-bond donors (Lipinski definition) is 1. The van der Waals surface area contributed by atoms with Crippen LogP contribution in [0.1, 0.15) is 20.3 Å². The second kappa shape index (κ2) is 6.93. The van der Waals surface area contributed by atoms with Crippen molar-refractivity contribution in [2.45, 2.75) is 32.4 Å². The SMILES string of the molecule is CC[C@@H](C)N1CCO[C@H](CN(C)CC(N)=O)C1. The number of nitrogens with two attached hydrogens (primary N) is 1. The molecule has 17 heavy (non-hydrogen) atoms. The second-order valence-corrected chi connectivity index (χ2v) is 4.91. The summed E-state index contributed by atoms with van der Waals surface area (Å²) in [7, 11) is 1.90. The molecule has 0 saturated carbocycles. The van der Waals surface area contributed by atoms with Crippen molar-refractivity contribution in [3.63, 3.8) is 0 Å². The largest absolute Gasteiger partial charge is 0.374 e. The molecular formula is C12H25N3O2. The van der Waals surface area contributed by atoms with Crippen molar-refractivity contribution >= 4 is 5.91 Å². The van der Waals surface area contributed by atoms with Gasteiger partial charge in [0.05, 0.1) is 19.3 Å². The highest BCUT2D eigenvalue weighted by molar-refractivity contribution is 5.75. The summed E-state index contributed by atoms with van der Waals surface area (Å²) in [5, 5.41) is 0. The minimum atomic E-state index is -0.290. The van der Waals surface area contributed by atoms with E-state index in [2.05, 4.69) is 18.7 Å². The zero-order valence-corrected chi connectivity index (χ0v) is 11.2. The average molecular weight is 243 g/mol. The molecule has 0 aromatic carbocycles. The van der Waals surface area contributed by atoms with E-state index in [0.29, 0.717) is 12.6 Å². The fraction of sp³-hybridized carbons (Fsp3) is 0.917. The Hall–Kier alpha value is -0.650. The molecule has 1 aliphatic heterocycles.